The Balaban J connectivity index is 1.96. The van der Waals surface area contributed by atoms with Crippen LogP contribution in [0, 0.1) is 5.92 Å². The van der Waals surface area contributed by atoms with Gasteiger partial charge in [0, 0.05) is 52.0 Å². The zero-order chi connectivity index (χ0) is 19.1. The van der Waals surface area contributed by atoms with Crippen molar-refractivity contribution in [1.82, 2.24) is 24.9 Å². The van der Waals surface area contributed by atoms with Crippen LogP contribution >= 0.6 is 0 Å². The summed E-state index contributed by atoms with van der Waals surface area (Å²) in [5.41, 5.74) is 2.46. The van der Waals surface area contributed by atoms with Crippen LogP contribution in [0.4, 0.5) is 0 Å². The van der Waals surface area contributed by atoms with Gasteiger partial charge in [0.05, 0.1) is 12.2 Å². The first-order valence-corrected chi connectivity index (χ1v) is 10.1. The Morgan fingerprint density at radius 2 is 2.23 bits per heavy atom. The standard InChI is InChI=1S/C20H38N6/c1-7-21-20(22-10-12-26-11-8-9-17(4)13-26)24(5)14-18-15-25(6)23-19(18)16(2)3/h15-17H,7-14H2,1-6H3,(H,21,22). The van der Waals surface area contributed by atoms with Gasteiger partial charge in [0.2, 0.25) is 0 Å². The van der Waals surface area contributed by atoms with Gasteiger partial charge in [-0.15, -0.1) is 0 Å². The molecule has 0 amide bonds. The molecule has 1 aromatic heterocycles. The van der Waals surface area contributed by atoms with E-state index in [0.717, 1.165) is 38.1 Å². The maximum Gasteiger partial charge on any atom is 0.194 e. The van der Waals surface area contributed by atoms with Gasteiger partial charge in [-0.2, -0.15) is 5.10 Å². The quantitative estimate of drug-likeness (QED) is 0.598. The van der Waals surface area contributed by atoms with Gasteiger partial charge in [-0.3, -0.25) is 9.67 Å². The lowest BCUT2D eigenvalue weighted by Crippen LogP contribution is -2.40. The molecule has 1 saturated heterocycles. The number of hydrogen-bond donors (Lipinski definition) is 1. The average Bonchev–Trinajstić information content (AvgIpc) is 2.94. The van der Waals surface area contributed by atoms with Crippen molar-refractivity contribution in [2.45, 2.75) is 53.0 Å². The fourth-order valence-electron chi connectivity index (χ4n) is 3.75. The third-order valence-electron chi connectivity index (χ3n) is 5.01. The van der Waals surface area contributed by atoms with Crippen LogP contribution in [0.25, 0.3) is 0 Å². The highest BCUT2D eigenvalue weighted by Crippen LogP contribution is 2.18. The van der Waals surface area contributed by atoms with E-state index in [-0.39, 0.29) is 0 Å². The lowest BCUT2D eigenvalue weighted by Gasteiger charge is -2.30. The van der Waals surface area contributed by atoms with Crippen LogP contribution in [0.2, 0.25) is 0 Å². The molecule has 2 heterocycles. The van der Waals surface area contributed by atoms with Gasteiger partial charge in [0.15, 0.2) is 5.96 Å². The summed E-state index contributed by atoms with van der Waals surface area (Å²) >= 11 is 0. The molecule has 0 spiro atoms. The summed E-state index contributed by atoms with van der Waals surface area (Å²) in [5.74, 6) is 2.24. The van der Waals surface area contributed by atoms with Gasteiger partial charge in [0.1, 0.15) is 0 Å². The number of likely N-dealkylation sites (tertiary alicyclic amines) is 1. The van der Waals surface area contributed by atoms with Crippen molar-refractivity contribution in [3.8, 4) is 0 Å². The SMILES string of the molecule is CCNC(=NCCN1CCCC(C)C1)N(C)Cc1cn(C)nc1C(C)C. The smallest absolute Gasteiger partial charge is 0.194 e. The van der Waals surface area contributed by atoms with Crippen molar-refractivity contribution in [2.24, 2.45) is 18.0 Å². The number of aryl methyl sites for hydroxylation is 1. The number of aliphatic imine (C=N–C) groups is 1. The Bertz CT molecular complexity index is 577. The number of rotatable bonds is 7. The molecule has 2 rings (SSSR count). The maximum absolute atomic E-state index is 4.87. The number of hydrogen-bond acceptors (Lipinski definition) is 3. The molecule has 0 aromatic carbocycles. The number of nitrogens with zero attached hydrogens (tertiary/aromatic N) is 5. The second-order valence-electron chi connectivity index (χ2n) is 8.01. The Labute approximate surface area is 159 Å². The molecular weight excluding hydrogens is 324 g/mol. The molecule has 26 heavy (non-hydrogen) atoms. The minimum atomic E-state index is 0.431. The Morgan fingerprint density at radius 1 is 1.46 bits per heavy atom. The van der Waals surface area contributed by atoms with Crippen LogP contribution in [0.15, 0.2) is 11.2 Å². The van der Waals surface area contributed by atoms with E-state index in [1.54, 1.807) is 0 Å². The molecule has 1 unspecified atom stereocenters. The highest BCUT2D eigenvalue weighted by Gasteiger charge is 2.17. The predicted molar refractivity (Wildman–Crippen MR) is 110 cm³/mol. The van der Waals surface area contributed by atoms with E-state index in [1.807, 2.05) is 11.7 Å². The van der Waals surface area contributed by atoms with Crippen LogP contribution in [-0.4, -0.2) is 65.3 Å². The first-order valence-electron chi connectivity index (χ1n) is 10.1. The van der Waals surface area contributed by atoms with Crippen LogP contribution in [0.3, 0.4) is 0 Å². The summed E-state index contributed by atoms with van der Waals surface area (Å²) in [6.07, 6.45) is 4.82. The van der Waals surface area contributed by atoms with E-state index in [1.165, 1.54) is 37.2 Å². The van der Waals surface area contributed by atoms with Crippen molar-refractivity contribution in [3.05, 3.63) is 17.5 Å². The summed E-state index contributed by atoms with van der Waals surface area (Å²) in [4.78, 5) is 9.64. The number of nitrogens with one attached hydrogen (secondary N) is 1. The lowest BCUT2D eigenvalue weighted by molar-refractivity contribution is 0.188. The molecule has 1 aliphatic rings. The van der Waals surface area contributed by atoms with Gasteiger partial charge >= 0.3 is 0 Å². The monoisotopic (exact) mass is 362 g/mol. The highest BCUT2D eigenvalue weighted by molar-refractivity contribution is 5.79. The van der Waals surface area contributed by atoms with Gasteiger partial charge in [0.25, 0.3) is 0 Å². The van der Waals surface area contributed by atoms with Crippen LogP contribution in [0.5, 0.6) is 0 Å². The molecule has 0 radical (unpaired) electrons. The van der Waals surface area contributed by atoms with Gasteiger partial charge in [-0.1, -0.05) is 20.8 Å². The summed E-state index contributed by atoms with van der Waals surface area (Å²) in [7, 11) is 4.11. The van der Waals surface area contributed by atoms with Crippen molar-refractivity contribution in [1.29, 1.82) is 0 Å². The third kappa shape index (κ3) is 6.01. The van der Waals surface area contributed by atoms with Crippen molar-refractivity contribution < 1.29 is 0 Å². The second kappa shape index (κ2) is 9.95. The van der Waals surface area contributed by atoms with Crippen molar-refractivity contribution in [3.63, 3.8) is 0 Å². The fourth-order valence-corrected chi connectivity index (χ4v) is 3.75. The van der Waals surface area contributed by atoms with Gasteiger partial charge in [-0.25, -0.2) is 0 Å². The molecule has 148 valence electrons. The van der Waals surface area contributed by atoms with E-state index < -0.39 is 0 Å². The number of guanidine groups is 1. The Morgan fingerprint density at radius 3 is 2.88 bits per heavy atom. The molecule has 1 aliphatic heterocycles. The topological polar surface area (TPSA) is 48.7 Å². The number of aromatic nitrogens is 2. The van der Waals surface area contributed by atoms with Crippen molar-refractivity contribution >= 4 is 5.96 Å². The molecule has 1 aromatic rings. The van der Waals surface area contributed by atoms with Crippen LogP contribution in [-0.2, 0) is 13.6 Å². The van der Waals surface area contributed by atoms with E-state index in [4.69, 9.17) is 4.99 Å². The predicted octanol–water partition coefficient (Wildman–Crippen LogP) is 2.67. The summed E-state index contributed by atoms with van der Waals surface area (Å²) < 4.78 is 1.92. The highest BCUT2D eigenvalue weighted by atomic mass is 15.3. The average molecular weight is 363 g/mol. The minimum Gasteiger partial charge on any atom is -0.357 e. The fraction of sp³-hybridized carbons (Fsp3) is 0.800. The van der Waals surface area contributed by atoms with E-state index in [0.29, 0.717) is 5.92 Å². The first-order chi connectivity index (χ1) is 12.4. The van der Waals surface area contributed by atoms with Crippen molar-refractivity contribution in [2.75, 3.05) is 39.8 Å². The zero-order valence-corrected chi connectivity index (χ0v) is 17.6. The number of piperidine rings is 1. The molecule has 1 fully saturated rings. The normalized spacial score (nSPS) is 19.2. The summed E-state index contributed by atoms with van der Waals surface area (Å²) in [6, 6.07) is 0. The molecule has 1 N–H and O–H groups in total. The Kier molecular flexibility index (Phi) is 7.94. The molecule has 0 aliphatic carbocycles. The van der Waals surface area contributed by atoms with Crippen LogP contribution < -0.4 is 5.32 Å². The van der Waals surface area contributed by atoms with Crippen LogP contribution in [0.1, 0.15) is 57.7 Å². The molecule has 0 bridgehead atoms. The second-order valence-corrected chi connectivity index (χ2v) is 8.01. The van der Waals surface area contributed by atoms with E-state index >= 15 is 0 Å². The summed E-state index contributed by atoms with van der Waals surface area (Å²) in [5, 5.41) is 8.06. The van der Waals surface area contributed by atoms with Gasteiger partial charge < -0.3 is 15.1 Å². The Hall–Kier alpha value is -1.56. The molecular formula is C20H38N6. The largest absolute Gasteiger partial charge is 0.357 e. The zero-order valence-electron chi connectivity index (χ0n) is 17.6. The summed E-state index contributed by atoms with van der Waals surface area (Å²) in [6.45, 7) is 14.9. The third-order valence-corrected chi connectivity index (χ3v) is 5.01. The lowest BCUT2D eigenvalue weighted by atomic mass is 10.0. The first kappa shape index (κ1) is 20.7. The molecule has 1 atom stereocenters. The minimum absolute atomic E-state index is 0.431. The van der Waals surface area contributed by atoms with Gasteiger partial charge in [-0.05, 0) is 38.1 Å². The molecule has 6 heteroatoms. The maximum atomic E-state index is 4.87. The van der Waals surface area contributed by atoms with E-state index in [2.05, 4.69) is 61.2 Å². The molecule has 0 saturated carbocycles. The molecule has 6 nitrogen and oxygen atoms in total. The van der Waals surface area contributed by atoms with E-state index in [9.17, 15) is 0 Å².